The van der Waals surface area contributed by atoms with Crippen LogP contribution in [0, 0.1) is 6.92 Å². The lowest BCUT2D eigenvalue weighted by Gasteiger charge is -2.18. The Kier molecular flexibility index (Phi) is 2.06. The summed E-state index contributed by atoms with van der Waals surface area (Å²) in [6, 6.07) is 5.77. The van der Waals surface area contributed by atoms with E-state index in [1.54, 1.807) is 6.26 Å². The van der Waals surface area contributed by atoms with Gasteiger partial charge in [0.15, 0.2) is 17.4 Å². The van der Waals surface area contributed by atoms with Gasteiger partial charge in [-0.1, -0.05) is 0 Å². The zero-order valence-electron chi connectivity index (χ0n) is 8.90. The molecular formula is C12H11NO3. The quantitative estimate of drug-likeness (QED) is 0.735. The lowest BCUT2D eigenvalue weighted by Crippen LogP contribution is -2.15. The maximum absolute atomic E-state index is 5.51. The topological polar surface area (TPSA) is 44.5 Å². The third-order valence-corrected chi connectivity index (χ3v) is 2.46. The molecule has 0 saturated carbocycles. The van der Waals surface area contributed by atoms with Crippen LogP contribution in [0.15, 0.2) is 28.9 Å². The Labute approximate surface area is 92.8 Å². The molecule has 4 heteroatoms. The van der Waals surface area contributed by atoms with E-state index in [9.17, 15) is 0 Å². The van der Waals surface area contributed by atoms with Gasteiger partial charge in [-0.05, 0) is 18.2 Å². The van der Waals surface area contributed by atoms with E-state index < -0.39 is 0 Å². The SMILES string of the molecule is Cc1nc(-c2ccc3c(c2)OCCO3)co1. The van der Waals surface area contributed by atoms with Gasteiger partial charge in [0.25, 0.3) is 0 Å². The first-order valence-corrected chi connectivity index (χ1v) is 5.15. The fourth-order valence-corrected chi connectivity index (χ4v) is 1.70. The minimum atomic E-state index is 0.592. The highest BCUT2D eigenvalue weighted by Crippen LogP contribution is 2.34. The summed E-state index contributed by atoms with van der Waals surface area (Å²) in [6.45, 7) is 3.02. The molecule has 1 aromatic carbocycles. The Balaban J connectivity index is 2.02. The monoisotopic (exact) mass is 217 g/mol. The lowest BCUT2D eigenvalue weighted by atomic mass is 10.1. The molecule has 4 nitrogen and oxygen atoms in total. The molecule has 2 aromatic rings. The maximum Gasteiger partial charge on any atom is 0.191 e. The smallest absolute Gasteiger partial charge is 0.191 e. The van der Waals surface area contributed by atoms with Crippen molar-refractivity contribution < 1.29 is 13.9 Å². The van der Waals surface area contributed by atoms with Gasteiger partial charge in [0.05, 0.1) is 0 Å². The molecule has 82 valence electrons. The van der Waals surface area contributed by atoms with Crippen molar-refractivity contribution in [2.45, 2.75) is 6.92 Å². The number of oxazole rings is 1. The first kappa shape index (κ1) is 9.27. The van der Waals surface area contributed by atoms with Crippen molar-refractivity contribution >= 4 is 0 Å². The average Bonchev–Trinajstić information content (AvgIpc) is 2.75. The number of aryl methyl sites for hydroxylation is 1. The first-order valence-electron chi connectivity index (χ1n) is 5.15. The van der Waals surface area contributed by atoms with Crippen LogP contribution < -0.4 is 9.47 Å². The standard InChI is InChI=1S/C12H11NO3/c1-8-13-10(7-16-8)9-2-3-11-12(6-9)15-5-4-14-11/h2-3,6-7H,4-5H2,1H3. The van der Waals surface area contributed by atoms with Gasteiger partial charge in [-0.15, -0.1) is 0 Å². The number of hydrogen-bond acceptors (Lipinski definition) is 4. The molecule has 0 aliphatic carbocycles. The molecule has 0 saturated heterocycles. The van der Waals surface area contributed by atoms with Crippen LogP contribution in [0.3, 0.4) is 0 Å². The summed E-state index contributed by atoms with van der Waals surface area (Å²) in [6.07, 6.45) is 1.64. The van der Waals surface area contributed by atoms with Crippen molar-refractivity contribution in [3.8, 4) is 22.8 Å². The highest BCUT2D eigenvalue weighted by molar-refractivity contribution is 5.63. The molecule has 0 bridgehead atoms. The van der Waals surface area contributed by atoms with Gasteiger partial charge in [-0.25, -0.2) is 4.98 Å². The summed E-state index contributed by atoms with van der Waals surface area (Å²) in [4.78, 5) is 4.27. The molecule has 0 spiro atoms. The van der Waals surface area contributed by atoms with Crippen molar-refractivity contribution in [2.24, 2.45) is 0 Å². The summed E-state index contributed by atoms with van der Waals surface area (Å²) in [5.74, 6) is 2.21. The third kappa shape index (κ3) is 1.52. The van der Waals surface area contributed by atoms with Crippen LogP contribution in [0.4, 0.5) is 0 Å². The summed E-state index contributed by atoms with van der Waals surface area (Å²) in [5.41, 5.74) is 1.79. The number of ether oxygens (including phenoxy) is 2. The highest BCUT2D eigenvalue weighted by Gasteiger charge is 2.13. The molecule has 2 heterocycles. The van der Waals surface area contributed by atoms with Gasteiger partial charge < -0.3 is 13.9 Å². The number of rotatable bonds is 1. The van der Waals surface area contributed by atoms with Crippen LogP contribution >= 0.6 is 0 Å². The molecule has 0 N–H and O–H groups in total. The fourth-order valence-electron chi connectivity index (χ4n) is 1.70. The van der Waals surface area contributed by atoms with Crippen molar-refractivity contribution in [1.82, 2.24) is 4.98 Å². The van der Waals surface area contributed by atoms with Crippen LogP contribution in [-0.2, 0) is 0 Å². The molecule has 1 aliphatic heterocycles. The molecule has 0 amide bonds. The lowest BCUT2D eigenvalue weighted by molar-refractivity contribution is 0.171. The van der Waals surface area contributed by atoms with Gasteiger partial charge in [0, 0.05) is 12.5 Å². The summed E-state index contributed by atoms with van der Waals surface area (Å²) in [5, 5.41) is 0. The van der Waals surface area contributed by atoms with E-state index >= 15 is 0 Å². The van der Waals surface area contributed by atoms with Crippen molar-refractivity contribution in [2.75, 3.05) is 13.2 Å². The van der Waals surface area contributed by atoms with Gasteiger partial charge in [0.1, 0.15) is 25.2 Å². The normalized spacial score (nSPS) is 13.8. The number of aromatic nitrogens is 1. The molecule has 0 unspecified atom stereocenters. The molecular weight excluding hydrogens is 206 g/mol. The number of fused-ring (bicyclic) bond motifs is 1. The first-order chi connectivity index (χ1) is 7.83. The molecule has 0 radical (unpaired) electrons. The van der Waals surface area contributed by atoms with E-state index in [0.717, 1.165) is 22.8 Å². The Bertz CT molecular complexity index is 519. The van der Waals surface area contributed by atoms with E-state index in [1.807, 2.05) is 25.1 Å². The predicted octanol–water partition coefficient (Wildman–Crippen LogP) is 2.42. The van der Waals surface area contributed by atoms with Crippen LogP contribution in [0.25, 0.3) is 11.3 Å². The predicted molar refractivity (Wildman–Crippen MR) is 57.7 cm³/mol. The number of nitrogens with zero attached hydrogens (tertiary/aromatic N) is 1. The zero-order chi connectivity index (χ0) is 11.0. The van der Waals surface area contributed by atoms with Crippen molar-refractivity contribution in [3.63, 3.8) is 0 Å². The van der Waals surface area contributed by atoms with Crippen LogP contribution in [0.2, 0.25) is 0 Å². The zero-order valence-corrected chi connectivity index (χ0v) is 8.90. The molecule has 3 rings (SSSR count). The second kappa shape index (κ2) is 3.56. The summed E-state index contributed by atoms with van der Waals surface area (Å²) >= 11 is 0. The summed E-state index contributed by atoms with van der Waals surface area (Å²) in [7, 11) is 0. The van der Waals surface area contributed by atoms with Gasteiger partial charge in [-0.2, -0.15) is 0 Å². The van der Waals surface area contributed by atoms with E-state index in [-0.39, 0.29) is 0 Å². The molecule has 16 heavy (non-hydrogen) atoms. The minimum Gasteiger partial charge on any atom is -0.486 e. The molecule has 0 fully saturated rings. The van der Waals surface area contributed by atoms with Crippen molar-refractivity contribution in [1.29, 1.82) is 0 Å². The second-order valence-corrected chi connectivity index (χ2v) is 3.61. The third-order valence-electron chi connectivity index (χ3n) is 2.46. The largest absolute Gasteiger partial charge is 0.486 e. The van der Waals surface area contributed by atoms with E-state index in [4.69, 9.17) is 13.9 Å². The highest BCUT2D eigenvalue weighted by atomic mass is 16.6. The molecule has 1 aromatic heterocycles. The Morgan fingerprint density at radius 1 is 1.12 bits per heavy atom. The van der Waals surface area contributed by atoms with Gasteiger partial charge >= 0.3 is 0 Å². The Hall–Kier alpha value is -1.97. The number of hydrogen-bond donors (Lipinski definition) is 0. The van der Waals surface area contributed by atoms with Crippen molar-refractivity contribution in [3.05, 3.63) is 30.4 Å². The Morgan fingerprint density at radius 2 is 1.94 bits per heavy atom. The minimum absolute atomic E-state index is 0.592. The van der Waals surface area contributed by atoms with Gasteiger partial charge in [0.2, 0.25) is 0 Å². The average molecular weight is 217 g/mol. The van der Waals surface area contributed by atoms with E-state index in [1.165, 1.54) is 0 Å². The van der Waals surface area contributed by atoms with Crippen LogP contribution in [-0.4, -0.2) is 18.2 Å². The van der Waals surface area contributed by atoms with Crippen LogP contribution in [0.5, 0.6) is 11.5 Å². The maximum atomic E-state index is 5.51. The molecule has 1 aliphatic rings. The van der Waals surface area contributed by atoms with Gasteiger partial charge in [-0.3, -0.25) is 0 Å². The van der Waals surface area contributed by atoms with Crippen LogP contribution in [0.1, 0.15) is 5.89 Å². The van der Waals surface area contributed by atoms with E-state index in [0.29, 0.717) is 19.1 Å². The fraction of sp³-hybridized carbons (Fsp3) is 0.250. The second-order valence-electron chi connectivity index (χ2n) is 3.61. The summed E-state index contributed by atoms with van der Waals surface area (Å²) < 4.78 is 16.1. The number of benzene rings is 1. The Morgan fingerprint density at radius 3 is 2.69 bits per heavy atom. The molecule has 0 atom stereocenters. The van der Waals surface area contributed by atoms with E-state index in [2.05, 4.69) is 4.98 Å².